The van der Waals surface area contributed by atoms with Gasteiger partial charge in [-0.15, -0.1) is 0 Å². The SMILES string of the molecule is CC(C)C(CO)NC(=O)C1C2CC3CC(C2)CC1C3. The monoisotopic (exact) mass is 265 g/mol. The molecule has 0 radical (unpaired) electrons. The average Bonchev–Trinajstić information content (AvgIpc) is 2.34. The zero-order valence-electron chi connectivity index (χ0n) is 12.1. The molecule has 0 aromatic heterocycles. The molecule has 108 valence electrons. The largest absolute Gasteiger partial charge is 0.394 e. The third-order valence-electron chi connectivity index (χ3n) is 5.86. The van der Waals surface area contributed by atoms with E-state index in [0.717, 1.165) is 11.8 Å². The highest BCUT2D eigenvalue weighted by atomic mass is 16.3. The van der Waals surface area contributed by atoms with Crippen molar-refractivity contribution in [1.29, 1.82) is 0 Å². The molecule has 4 fully saturated rings. The summed E-state index contributed by atoms with van der Waals surface area (Å²) in [6.07, 6.45) is 6.52. The van der Waals surface area contributed by atoms with Crippen molar-refractivity contribution in [3.63, 3.8) is 0 Å². The highest BCUT2D eigenvalue weighted by Crippen LogP contribution is 2.56. The molecule has 0 spiro atoms. The lowest BCUT2D eigenvalue weighted by Gasteiger charge is -2.53. The minimum atomic E-state index is -0.0790. The van der Waals surface area contributed by atoms with E-state index in [0.29, 0.717) is 17.8 Å². The Labute approximate surface area is 116 Å². The fourth-order valence-electron chi connectivity index (χ4n) is 5.06. The van der Waals surface area contributed by atoms with Gasteiger partial charge in [0.15, 0.2) is 0 Å². The van der Waals surface area contributed by atoms with Gasteiger partial charge < -0.3 is 10.4 Å². The highest BCUT2D eigenvalue weighted by molar-refractivity contribution is 5.80. The Balaban J connectivity index is 1.67. The molecule has 0 aromatic carbocycles. The van der Waals surface area contributed by atoms with Crippen molar-refractivity contribution < 1.29 is 9.90 Å². The molecule has 1 unspecified atom stereocenters. The van der Waals surface area contributed by atoms with Crippen molar-refractivity contribution in [2.75, 3.05) is 6.61 Å². The summed E-state index contributed by atoms with van der Waals surface area (Å²) < 4.78 is 0. The lowest BCUT2D eigenvalue weighted by Crippen LogP contribution is -2.53. The predicted octanol–water partition coefficient (Wildman–Crippen LogP) is 2.19. The molecular formula is C16H27NO2. The van der Waals surface area contributed by atoms with E-state index in [-0.39, 0.29) is 24.5 Å². The van der Waals surface area contributed by atoms with Crippen molar-refractivity contribution >= 4 is 5.91 Å². The fraction of sp³-hybridized carbons (Fsp3) is 0.938. The number of nitrogens with one attached hydrogen (secondary N) is 1. The Morgan fingerprint density at radius 2 is 1.63 bits per heavy atom. The molecule has 0 aliphatic heterocycles. The second kappa shape index (κ2) is 5.08. The van der Waals surface area contributed by atoms with Crippen molar-refractivity contribution in [3.8, 4) is 0 Å². The molecule has 2 N–H and O–H groups in total. The molecule has 0 heterocycles. The Morgan fingerprint density at radius 1 is 1.11 bits per heavy atom. The van der Waals surface area contributed by atoms with E-state index in [2.05, 4.69) is 19.2 Å². The Morgan fingerprint density at radius 3 is 2.05 bits per heavy atom. The average molecular weight is 265 g/mol. The number of aliphatic hydroxyl groups excluding tert-OH is 1. The molecule has 19 heavy (non-hydrogen) atoms. The first-order valence-electron chi connectivity index (χ1n) is 7.99. The third-order valence-corrected chi connectivity index (χ3v) is 5.86. The molecule has 4 bridgehead atoms. The number of hydrogen-bond acceptors (Lipinski definition) is 2. The summed E-state index contributed by atoms with van der Waals surface area (Å²) >= 11 is 0. The molecule has 3 nitrogen and oxygen atoms in total. The normalized spacial score (nSPS) is 41.6. The second-order valence-corrected chi connectivity index (χ2v) is 7.50. The summed E-state index contributed by atoms with van der Waals surface area (Å²) in [7, 11) is 0. The van der Waals surface area contributed by atoms with Gasteiger partial charge in [0.2, 0.25) is 5.91 Å². The predicted molar refractivity (Wildman–Crippen MR) is 74.4 cm³/mol. The van der Waals surface area contributed by atoms with Gasteiger partial charge in [-0.1, -0.05) is 13.8 Å². The summed E-state index contributed by atoms with van der Waals surface area (Å²) in [5.74, 6) is 3.83. The maximum Gasteiger partial charge on any atom is 0.223 e. The second-order valence-electron chi connectivity index (χ2n) is 7.50. The topological polar surface area (TPSA) is 49.3 Å². The van der Waals surface area contributed by atoms with Crippen LogP contribution in [0.1, 0.15) is 46.0 Å². The maximum atomic E-state index is 12.6. The van der Waals surface area contributed by atoms with Crippen LogP contribution in [0.25, 0.3) is 0 Å². The molecule has 0 saturated heterocycles. The van der Waals surface area contributed by atoms with Crippen molar-refractivity contribution in [1.82, 2.24) is 5.32 Å². The summed E-state index contributed by atoms with van der Waals surface area (Å²) in [6.45, 7) is 4.16. The lowest BCUT2D eigenvalue weighted by atomic mass is 9.51. The van der Waals surface area contributed by atoms with E-state index >= 15 is 0 Å². The van der Waals surface area contributed by atoms with Gasteiger partial charge in [0.05, 0.1) is 12.6 Å². The van der Waals surface area contributed by atoms with Crippen LogP contribution in [0.5, 0.6) is 0 Å². The molecular weight excluding hydrogens is 238 g/mol. The highest BCUT2D eigenvalue weighted by Gasteiger charge is 2.50. The first kappa shape index (κ1) is 13.4. The van der Waals surface area contributed by atoms with Crippen molar-refractivity contribution in [2.24, 2.45) is 35.5 Å². The first-order chi connectivity index (χ1) is 9.08. The molecule has 4 aliphatic rings. The van der Waals surface area contributed by atoms with Crippen LogP contribution in [-0.4, -0.2) is 23.7 Å². The van der Waals surface area contributed by atoms with Crippen LogP contribution in [0, 0.1) is 35.5 Å². The maximum absolute atomic E-state index is 12.6. The molecule has 4 rings (SSSR count). The summed E-state index contributed by atoms with van der Waals surface area (Å²) in [5.41, 5.74) is 0. The van der Waals surface area contributed by atoms with Crippen LogP contribution in [0.3, 0.4) is 0 Å². The van der Waals surface area contributed by atoms with E-state index < -0.39 is 0 Å². The van der Waals surface area contributed by atoms with Crippen molar-refractivity contribution in [3.05, 3.63) is 0 Å². The van der Waals surface area contributed by atoms with Gasteiger partial charge in [-0.25, -0.2) is 0 Å². The van der Waals surface area contributed by atoms with E-state index in [1.807, 2.05) is 0 Å². The standard InChI is InChI=1S/C16H27NO2/c1-9(2)14(8-18)17-16(19)15-12-4-10-3-11(6-12)7-13(15)5-10/h9-15,18H,3-8H2,1-2H3,(H,17,19). The number of carbonyl (C=O) groups excluding carboxylic acids is 1. The van der Waals surface area contributed by atoms with Gasteiger partial charge in [-0.3, -0.25) is 4.79 Å². The zero-order valence-corrected chi connectivity index (χ0v) is 12.1. The van der Waals surface area contributed by atoms with E-state index in [1.54, 1.807) is 0 Å². The lowest BCUT2D eigenvalue weighted by molar-refractivity contribution is -0.139. The van der Waals surface area contributed by atoms with Crippen LogP contribution in [-0.2, 0) is 4.79 Å². The number of amides is 1. The van der Waals surface area contributed by atoms with E-state index in [9.17, 15) is 9.90 Å². The summed E-state index contributed by atoms with van der Waals surface area (Å²) in [5, 5.41) is 12.5. The fourth-order valence-corrected chi connectivity index (χ4v) is 5.06. The zero-order chi connectivity index (χ0) is 13.6. The third kappa shape index (κ3) is 2.42. The minimum absolute atomic E-state index is 0.0523. The van der Waals surface area contributed by atoms with Gasteiger partial charge in [-0.05, 0) is 61.7 Å². The number of hydrogen-bond donors (Lipinski definition) is 2. The van der Waals surface area contributed by atoms with E-state index in [4.69, 9.17) is 0 Å². The van der Waals surface area contributed by atoms with Crippen LogP contribution < -0.4 is 5.32 Å². The Bertz CT molecular complexity index is 325. The van der Waals surface area contributed by atoms with Crippen LogP contribution in [0.2, 0.25) is 0 Å². The molecule has 4 aliphatic carbocycles. The van der Waals surface area contributed by atoms with Crippen molar-refractivity contribution in [2.45, 2.75) is 52.0 Å². The van der Waals surface area contributed by atoms with Gasteiger partial charge in [0.25, 0.3) is 0 Å². The number of aliphatic hydroxyl groups is 1. The molecule has 1 atom stereocenters. The Hall–Kier alpha value is -0.570. The van der Waals surface area contributed by atoms with Gasteiger partial charge >= 0.3 is 0 Å². The van der Waals surface area contributed by atoms with Crippen LogP contribution in [0.4, 0.5) is 0 Å². The van der Waals surface area contributed by atoms with Gasteiger partial charge in [0, 0.05) is 5.92 Å². The first-order valence-corrected chi connectivity index (χ1v) is 7.99. The molecule has 3 heteroatoms. The Kier molecular flexibility index (Phi) is 3.59. The molecule has 4 saturated carbocycles. The summed E-state index contributed by atoms with van der Waals surface area (Å²) in [6, 6.07) is -0.0790. The van der Waals surface area contributed by atoms with Crippen LogP contribution >= 0.6 is 0 Å². The summed E-state index contributed by atoms with van der Waals surface area (Å²) in [4.78, 5) is 12.6. The van der Waals surface area contributed by atoms with Crippen LogP contribution in [0.15, 0.2) is 0 Å². The van der Waals surface area contributed by atoms with Gasteiger partial charge in [-0.2, -0.15) is 0 Å². The molecule has 0 aromatic rings. The quantitative estimate of drug-likeness (QED) is 0.818. The number of rotatable bonds is 4. The van der Waals surface area contributed by atoms with Gasteiger partial charge in [0.1, 0.15) is 0 Å². The smallest absolute Gasteiger partial charge is 0.223 e. The van der Waals surface area contributed by atoms with E-state index in [1.165, 1.54) is 32.1 Å². The molecule has 1 amide bonds. The minimum Gasteiger partial charge on any atom is -0.394 e. The number of carbonyl (C=O) groups is 1.